The summed E-state index contributed by atoms with van der Waals surface area (Å²) < 4.78 is 0. The van der Waals surface area contributed by atoms with Gasteiger partial charge in [-0.25, -0.2) is 0 Å². The molecule has 3 rings (SSSR count). The number of anilines is 2. The van der Waals surface area contributed by atoms with E-state index in [-0.39, 0.29) is 11.8 Å². The van der Waals surface area contributed by atoms with Crippen molar-refractivity contribution >= 4 is 17.8 Å². The highest BCUT2D eigenvalue weighted by molar-refractivity contribution is 5.79. The molecule has 1 aromatic rings. The Morgan fingerprint density at radius 1 is 1.13 bits per heavy atom. The van der Waals surface area contributed by atoms with E-state index in [9.17, 15) is 4.79 Å². The van der Waals surface area contributed by atoms with Crippen molar-refractivity contribution < 1.29 is 4.79 Å². The van der Waals surface area contributed by atoms with Crippen molar-refractivity contribution in [2.75, 3.05) is 37.0 Å². The van der Waals surface area contributed by atoms with Crippen LogP contribution in [-0.4, -0.2) is 48.0 Å². The van der Waals surface area contributed by atoms with E-state index in [0.717, 1.165) is 38.3 Å². The van der Waals surface area contributed by atoms with Crippen LogP contribution in [0.2, 0.25) is 0 Å². The van der Waals surface area contributed by atoms with Crippen LogP contribution in [0.25, 0.3) is 0 Å². The first-order chi connectivity index (χ1) is 11.1. The van der Waals surface area contributed by atoms with Crippen molar-refractivity contribution in [2.24, 2.45) is 5.92 Å². The molecule has 1 N–H and O–H groups in total. The van der Waals surface area contributed by atoms with Crippen LogP contribution in [0.1, 0.15) is 44.3 Å². The lowest BCUT2D eigenvalue weighted by molar-refractivity contribution is -0.127. The van der Waals surface area contributed by atoms with Crippen LogP contribution in [0, 0.1) is 5.92 Å². The van der Waals surface area contributed by atoms with E-state index in [1.165, 1.54) is 19.3 Å². The van der Waals surface area contributed by atoms with Crippen molar-refractivity contribution in [3.63, 3.8) is 0 Å². The van der Waals surface area contributed by atoms with E-state index in [2.05, 4.69) is 25.2 Å². The van der Waals surface area contributed by atoms with Crippen LogP contribution in [0.15, 0.2) is 0 Å². The molecule has 1 aromatic heterocycles. The number of piperidine rings is 1. The molecule has 1 saturated heterocycles. The molecule has 7 heteroatoms. The van der Waals surface area contributed by atoms with E-state index < -0.39 is 0 Å². The molecule has 2 fully saturated rings. The van der Waals surface area contributed by atoms with E-state index in [4.69, 9.17) is 0 Å². The highest BCUT2D eigenvalue weighted by Crippen LogP contribution is 2.26. The Morgan fingerprint density at radius 2 is 1.87 bits per heavy atom. The van der Waals surface area contributed by atoms with E-state index in [1.807, 2.05) is 19.0 Å². The second-order valence-corrected chi connectivity index (χ2v) is 6.64. The molecular weight excluding hydrogens is 292 g/mol. The predicted octanol–water partition coefficient (Wildman–Crippen LogP) is 1.34. The van der Waals surface area contributed by atoms with Gasteiger partial charge >= 0.3 is 0 Å². The third-order valence-corrected chi connectivity index (χ3v) is 4.59. The summed E-state index contributed by atoms with van der Waals surface area (Å²) in [7, 11) is 3.85. The maximum absolute atomic E-state index is 12.0. The fourth-order valence-electron chi connectivity index (χ4n) is 2.89. The first kappa shape index (κ1) is 16.0. The molecule has 1 aliphatic heterocycles. The molecule has 1 amide bonds. The first-order valence-corrected chi connectivity index (χ1v) is 8.58. The maximum Gasteiger partial charge on any atom is 0.230 e. The molecule has 0 bridgehead atoms. The number of hydrogen-bond acceptors (Lipinski definition) is 6. The number of hydrogen-bond donors (Lipinski definition) is 1. The zero-order valence-electron chi connectivity index (χ0n) is 14.1. The van der Waals surface area contributed by atoms with Gasteiger partial charge in [0.15, 0.2) is 5.82 Å². The molecule has 0 aromatic carbocycles. The van der Waals surface area contributed by atoms with Crippen LogP contribution in [-0.2, 0) is 11.3 Å². The number of nitrogens with one attached hydrogen (secondary N) is 1. The minimum atomic E-state index is 0.127. The SMILES string of the molecule is CN(C)c1nc(CNC(=O)C2CCC2)nc(N2CCCCC2)n1. The van der Waals surface area contributed by atoms with Crippen LogP contribution in [0.5, 0.6) is 0 Å². The lowest BCUT2D eigenvalue weighted by atomic mass is 9.85. The minimum absolute atomic E-state index is 0.127. The summed E-state index contributed by atoms with van der Waals surface area (Å²) in [4.78, 5) is 29.7. The second kappa shape index (κ2) is 7.10. The van der Waals surface area contributed by atoms with Crippen molar-refractivity contribution in [1.82, 2.24) is 20.3 Å². The predicted molar refractivity (Wildman–Crippen MR) is 89.4 cm³/mol. The topological polar surface area (TPSA) is 74.2 Å². The molecule has 1 aliphatic carbocycles. The number of carbonyl (C=O) groups excluding carboxylic acids is 1. The molecule has 23 heavy (non-hydrogen) atoms. The van der Waals surface area contributed by atoms with Crippen molar-refractivity contribution in [1.29, 1.82) is 0 Å². The van der Waals surface area contributed by atoms with Crippen molar-refractivity contribution in [3.8, 4) is 0 Å². The Morgan fingerprint density at radius 3 is 2.48 bits per heavy atom. The van der Waals surface area contributed by atoms with Gasteiger partial charge in [-0.2, -0.15) is 15.0 Å². The Labute approximate surface area is 137 Å². The molecular formula is C16H26N6O. The number of amides is 1. The van der Waals surface area contributed by atoms with E-state index >= 15 is 0 Å². The summed E-state index contributed by atoms with van der Waals surface area (Å²) >= 11 is 0. The quantitative estimate of drug-likeness (QED) is 0.883. The van der Waals surface area contributed by atoms with Gasteiger partial charge < -0.3 is 15.1 Å². The summed E-state index contributed by atoms with van der Waals surface area (Å²) in [5.74, 6) is 2.33. The second-order valence-electron chi connectivity index (χ2n) is 6.64. The fraction of sp³-hybridized carbons (Fsp3) is 0.750. The van der Waals surface area contributed by atoms with Gasteiger partial charge in [0.25, 0.3) is 0 Å². The summed E-state index contributed by atoms with van der Waals surface area (Å²) in [5, 5.41) is 2.97. The third kappa shape index (κ3) is 3.89. The lowest BCUT2D eigenvalue weighted by Gasteiger charge is -2.27. The van der Waals surface area contributed by atoms with Crippen LogP contribution < -0.4 is 15.1 Å². The zero-order chi connectivity index (χ0) is 16.2. The smallest absolute Gasteiger partial charge is 0.230 e. The third-order valence-electron chi connectivity index (χ3n) is 4.59. The minimum Gasteiger partial charge on any atom is -0.349 e. The van der Waals surface area contributed by atoms with E-state index in [0.29, 0.717) is 18.3 Å². The van der Waals surface area contributed by atoms with Gasteiger partial charge in [-0.1, -0.05) is 6.42 Å². The molecule has 0 unspecified atom stereocenters. The standard InChI is InChI=1S/C16H26N6O/c1-21(2)15-18-13(11-17-14(23)12-7-6-8-12)19-16(20-15)22-9-4-3-5-10-22/h12H,3-11H2,1-2H3,(H,17,23). The van der Waals surface area contributed by atoms with Gasteiger partial charge in [-0.3, -0.25) is 4.79 Å². The Bertz CT molecular complexity index is 552. The Kier molecular flexibility index (Phi) is 4.93. The molecule has 0 spiro atoms. The summed E-state index contributed by atoms with van der Waals surface area (Å²) in [6.07, 6.45) is 6.80. The average molecular weight is 318 g/mol. The molecule has 2 aliphatic rings. The summed E-state index contributed by atoms with van der Waals surface area (Å²) in [5.41, 5.74) is 0. The van der Waals surface area contributed by atoms with Crippen molar-refractivity contribution in [3.05, 3.63) is 5.82 Å². The molecule has 7 nitrogen and oxygen atoms in total. The van der Waals surface area contributed by atoms with Gasteiger partial charge in [0.2, 0.25) is 17.8 Å². The van der Waals surface area contributed by atoms with E-state index in [1.54, 1.807) is 0 Å². The largest absolute Gasteiger partial charge is 0.349 e. The van der Waals surface area contributed by atoms with Gasteiger partial charge in [-0.05, 0) is 32.1 Å². The summed E-state index contributed by atoms with van der Waals surface area (Å²) in [6, 6.07) is 0. The molecule has 0 atom stereocenters. The van der Waals surface area contributed by atoms with Crippen LogP contribution in [0.3, 0.4) is 0 Å². The normalized spacial score (nSPS) is 18.4. The molecule has 1 saturated carbocycles. The lowest BCUT2D eigenvalue weighted by Crippen LogP contribution is -2.35. The zero-order valence-corrected chi connectivity index (χ0v) is 14.1. The number of aromatic nitrogens is 3. The number of carbonyl (C=O) groups is 1. The van der Waals surface area contributed by atoms with Crippen molar-refractivity contribution in [2.45, 2.75) is 45.1 Å². The first-order valence-electron chi connectivity index (χ1n) is 8.58. The molecule has 126 valence electrons. The Hall–Kier alpha value is -1.92. The highest BCUT2D eigenvalue weighted by atomic mass is 16.1. The Balaban J connectivity index is 1.72. The molecule has 2 heterocycles. The average Bonchev–Trinajstić information content (AvgIpc) is 2.52. The highest BCUT2D eigenvalue weighted by Gasteiger charge is 2.25. The van der Waals surface area contributed by atoms with Crippen LogP contribution >= 0.6 is 0 Å². The van der Waals surface area contributed by atoms with Gasteiger partial charge in [0, 0.05) is 33.1 Å². The monoisotopic (exact) mass is 318 g/mol. The number of nitrogens with zero attached hydrogens (tertiary/aromatic N) is 5. The fourth-order valence-corrected chi connectivity index (χ4v) is 2.89. The van der Waals surface area contributed by atoms with Crippen LogP contribution in [0.4, 0.5) is 11.9 Å². The van der Waals surface area contributed by atoms with Gasteiger partial charge in [0.05, 0.1) is 6.54 Å². The summed E-state index contributed by atoms with van der Waals surface area (Å²) in [6.45, 7) is 2.36. The maximum atomic E-state index is 12.0. The van der Waals surface area contributed by atoms with Gasteiger partial charge in [-0.15, -0.1) is 0 Å². The number of rotatable bonds is 5. The molecule has 0 radical (unpaired) electrons. The van der Waals surface area contributed by atoms with Gasteiger partial charge in [0.1, 0.15) is 0 Å².